The third-order valence-electron chi connectivity index (χ3n) is 6.04. The SMILES string of the molecule is CC(=CCOP(=O)(NC(C)C(=O)OCc1ccccc1)Oc1ccccc1)CO[Si](C)(C)C(C)(C)C. The van der Waals surface area contributed by atoms with Gasteiger partial charge in [-0.25, -0.2) is 4.57 Å². The van der Waals surface area contributed by atoms with Gasteiger partial charge in [-0.3, -0.25) is 9.32 Å². The monoisotopic (exact) mass is 533 g/mol. The number of benzene rings is 2. The van der Waals surface area contributed by atoms with Crippen LogP contribution in [-0.4, -0.2) is 33.5 Å². The van der Waals surface area contributed by atoms with Gasteiger partial charge in [0.2, 0.25) is 0 Å². The zero-order chi connectivity index (χ0) is 26.8. The Balaban J connectivity index is 2.02. The van der Waals surface area contributed by atoms with Crippen molar-refractivity contribution < 1.29 is 27.6 Å². The van der Waals surface area contributed by atoms with Gasteiger partial charge in [0, 0.05) is 0 Å². The van der Waals surface area contributed by atoms with Crippen molar-refractivity contribution in [1.29, 1.82) is 0 Å². The summed E-state index contributed by atoms with van der Waals surface area (Å²) in [6, 6.07) is 17.1. The van der Waals surface area contributed by atoms with Crippen LogP contribution in [-0.2, 0) is 29.7 Å². The van der Waals surface area contributed by atoms with E-state index < -0.39 is 28.1 Å². The zero-order valence-electron chi connectivity index (χ0n) is 22.4. The molecular weight excluding hydrogens is 493 g/mol. The Morgan fingerprint density at radius 2 is 1.64 bits per heavy atom. The molecule has 1 N–H and O–H groups in total. The van der Waals surface area contributed by atoms with E-state index in [1.807, 2.05) is 49.4 Å². The first-order chi connectivity index (χ1) is 16.8. The third-order valence-corrected chi connectivity index (χ3v) is 12.2. The summed E-state index contributed by atoms with van der Waals surface area (Å²) in [5, 5.41) is 2.82. The first kappa shape index (κ1) is 30.0. The predicted octanol–water partition coefficient (Wildman–Crippen LogP) is 6.88. The van der Waals surface area contributed by atoms with E-state index >= 15 is 0 Å². The molecule has 0 spiro atoms. The maximum absolute atomic E-state index is 13.6. The first-order valence-electron chi connectivity index (χ1n) is 12.1. The van der Waals surface area contributed by atoms with Gasteiger partial charge in [0.1, 0.15) is 18.4 Å². The Bertz CT molecular complexity index is 1040. The number of para-hydroxylation sites is 1. The van der Waals surface area contributed by atoms with Crippen LogP contribution in [0.15, 0.2) is 72.3 Å². The van der Waals surface area contributed by atoms with Crippen LogP contribution in [0, 0.1) is 0 Å². The average molecular weight is 534 g/mol. The van der Waals surface area contributed by atoms with Crippen molar-refractivity contribution in [1.82, 2.24) is 5.09 Å². The fourth-order valence-corrected chi connectivity index (χ4v) is 5.15. The average Bonchev–Trinajstić information content (AvgIpc) is 2.81. The Morgan fingerprint density at radius 3 is 2.22 bits per heavy atom. The Morgan fingerprint density at radius 1 is 1.06 bits per heavy atom. The molecule has 0 heterocycles. The number of rotatable bonds is 13. The molecule has 0 amide bonds. The summed E-state index contributed by atoms with van der Waals surface area (Å²) in [6.45, 7) is 15.1. The molecule has 36 heavy (non-hydrogen) atoms. The maximum Gasteiger partial charge on any atom is 0.459 e. The summed E-state index contributed by atoms with van der Waals surface area (Å²) in [5.41, 5.74) is 1.82. The largest absolute Gasteiger partial charge is 0.460 e. The number of hydrogen-bond acceptors (Lipinski definition) is 6. The van der Waals surface area contributed by atoms with Crippen molar-refractivity contribution in [2.75, 3.05) is 13.2 Å². The number of carbonyl (C=O) groups is 1. The molecule has 0 radical (unpaired) electrons. The lowest BCUT2D eigenvalue weighted by Crippen LogP contribution is -2.41. The van der Waals surface area contributed by atoms with Crippen molar-refractivity contribution in [2.45, 2.75) is 65.4 Å². The molecule has 2 rings (SSSR count). The second-order valence-corrected chi connectivity index (χ2v) is 16.7. The van der Waals surface area contributed by atoms with Gasteiger partial charge in [-0.1, -0.05) is 81.0 Å². The fraction of sp³-hybridized carbons (Fsp3) is 0.444. The van der Waals surface area contributed by atoms with E-state index in [4.69, 9.17) is 18.2 Å². The molecule has 7 nitrogen and oxygen atoms in total. The quantitative estimate of drug-likeness (QED) is 0.130. The smallest absolute Gasteiger partial charge is 0.459 e. The summed E-state index contributed by atoms with van der Waals surface area (Å²) in [5.74, 6) is -0.200. The molecule has 0 saturated carbocycles. The van der Waals surface area contributed by atoms with Crippen molar-refractivity contribution >= 4 is 22.0 Å². The molecule has 0 bridgehead atoms. The standard InChI is InChI=1S/C27H40NO6PSi/c1-22(20-33-36(6,7)27(3,4)5)18-19-32-35(30,34-25-16-12-9-13-17-25)28-23(2)26(29)31-21-24-14-10-8-11-15-24/h8-18,23H,19-21H2,1-7H3,(H,28,30). The van der Waals surface area contributed by atoms with Gasteiger partial charge < -0.3 is 13.7 Å². The highest BCUT2D eigenvalue weighted by molar-refractivity contribution is 7.52. The van der Waals surface area contributed by atoms with E-state index in [1.54, 1.807) is 31.2 Å². The van der Waals surface area contributed by atoms with E-state index in [-0.39, 0.29) is 18.3 Å². The van der Waals surface area contributed by atoms with E-state index in [0.29, 0.717) is 12.4 Å². The van der Waals surface area contributed by atoms with E-state index in [9.17, 15) is 9.36 Å². The van der Waals surface area contributed by atoms with Crippen LogP contribution in [0.1, 0.15) is 40.2 Å². The second kappa shape index (κ2) is 13.4. The topological polar surface area (TPSA) is 83.1 Å². The third kappa shape index (κ3) is 10.0. The fourth-order valence-electron chi connectivity index (χ4n) is 2.70. The molecule has 2 unspecified atom stereocenters. The van der Waals surface area contributed by atoms with Crippen LogP contribution in [0.4, 0.5) is 0 Å². The lowest BCUT2D eigenvalue weighted by molar-refractivity contribution is -0.146. The number of carbonyl (C=O) groups excluding carboxylic acids is 1. The van der Waals surface area contributed by atoms with Crippen molar-refractivity contribution in [3.8, 4) is 5.75 Å². The molecular formula is C27H40NO6PSi. The predicted molar refractivity (Wildman–Crippen MR) is 146 cm³/mol. The van der Waals surface area contributed by atoms with Gasteiger partial charge in [-0.2, -0.15) is 5.09 Å². The van der Waals surface area contributed by atoms with Crippen LogP contribution in [0.2, 0.25) is 18.1 Å². The van der Waals surface area contributed by atoms with E-state index in [1.165, 1.54) is 0 Å². The molecule has 0 aliphatic carbocycles. The molecule has 9 heteroatoms. The lowest BCUT2D eigenvalue weighted by Gasteiger charge is -2.36. The van der Waals surface area contributed by atoms with E-state index in [0.717, 1.165) is 11.1 Å². The van der Waals surface area contributed by atoms with Crippen LogP contribution >= 0.6 is 7.75 Å². The van der Waals surface area contributed by atoms with Crippen LogP contribution in [0.3, 0.4) is 0 Å². The van der Waals surface area contributed by atoms with Crippen molar-refractivity contribution in [3.63, 3.8) is 0 Å². The Hall–Kier alpha value is -2.22. The first-order valence-corrected chi connectivity index (χ1v) is 16.5. The van der Waals surface area contributed by atoms with Crippen LogP contribution < -0.4 is 9.61 Å². The van der Waals surface area contributed by atoms with Gasteiger partial charge in [0.25, 0.3) is 0 Å². The van der Waals surface area contributed by atoms with Crippen LogP contribution in [0.5, 0.6) is 5.75 Å². The maximum atomic E-state index is 13.6. The molecule has 2 atom stereocenters. The van der Waals surface area contributed by atoms with Gasteiger partial charge in [-0.05, 0) is 49.7 Å². The number of esters is 1. The summed E-state index contributed by atoms with van der Waals surface area (Å²) < 4.78 is 36.5. The second-order valence-electron chi connectivity index (χ2n) is 10.2. The van der Waals surface area contributed by atoms with Gasteiger partial charge in [0.15, 0.2) is 8.32 Å². The molecule has 0 aliphatic heterocycles. The van der Waals surface area contributed by atoms with Crippen LogP contribution in [0.25, 0.3) is 0 Å². The van der Waals surface area contributed by atoms with Crippen molar-refractivity contribution in [3.05, 3.63) is 77.9 Å². The normalized spacial score (nSPS) is 15.1. The van der Waals surface area contributed by atoms with Gasteiger partial charge >= 0.3 is 13.7 Å². The zero-order valence-corrected chi connectivity index (χ0v) is 24.3. The number of nitrogens with one attached hydrogen (secondary N) is 1. The summed E-state index contributed by atoms with van der Waals surface area (Å²) >= 11 is 0. The minimum atomic E-state index is -3.91. The minimum absolute atomic E-state index is 0.0234. The Kier molecular flexibility index (Phi) is 11.1. The van der Waals surface area contributed by atoms with E-state index in [2.05, 4.69) is 39.0 Å². The summed E-state index contributed by atoms with van der Waals surface area (Å²) in [4.78, 5) is 12.5. The molecule has 0 aromatic heterocycles. The molecule has 0 fully saturated rings. The van der Waals surface area contributed by atoms with Gasteiger partial charge in [-0.15, -0.1) is 0 Å². The summed E-state index contributed by atoms with van der Waals surface area (Å²) in [7, 11) is -5.80. The van der Waals surface area contributed by atoms with Crippen molar-refractivity contribution in [2.24, 2.45) is 0 Å². The molecule has 198 valence electrons. The highest BCUT2D eigenvalue weighted by Crippen LogP contribution is 2.45. The Labute approximate surface area is 216 Å². The molecule has 0 saturated heterocycles. The molecule has 2 aromatic rings. The number of ether oxygens (including phenoxy) is 1. The molecule has 2 aromatic carbocycles. The summed E-state index contributed by atoms with van der Waals surface area (Å²) in [6.07, 6.45) is 1.81. The highest BCUT2D eigenvalue weighted by Gasteiger charge is 2.37. The minimum Gasteiger partial charge on any atom is -0.460 e. The molecule has 0 aliphatic rings. The number of hydrogen-bond donors (Lipinski definition) is 1. The van der Waals surface area contributed by atoms with Gasteiger partial charge in [0.05, 0.1) is 13.2 Å². The highest BCUT2D eigenvalue weighted by atomic mass is 31.2. The lowest BCUT2D eigenvalue weighted by atomic mass is 10.2.